The molecule has 0 spiro atoms. The van der Waals surface area contributed by atoms with Gasteiger partial charge in [-0.1, -0.05) is 18.2 Å². The van der Waals surface area contributed by atoms with E-state index in [1.54, 1.807) is 0 Å². The van der Waals surface area contributed by atoms with E-state index in [2.05, 4.69) is 5.10 Å². The van der Waals surface area contributed by atoms with E-state index in [1.165, 1.54) is 0 Å². The molecule has 1 saturated heterocycles. The first-order chi connectivity index (χ1) is 11.6. The number of carbonyl (C=O) groups is 1. The van der Waals surface area contributed by atoms with Gasteiger partial charge in [0, 0.05) is 24.7 Å². The summed E-state index contributed by atoms with van der Waals surface area (Å²) in [6.07, 6.45) is 5.94. The molecule has 4 rings (SSSR count). The SMILES string of the molecule is Cc1cnn(C2CCCN(C(=O)c3cc4cccc(C)c4o3)C2)c1. The number of benzene rings is 1. The number of aromatic nitrogens is 2. The molecule has 24 heavy (non-hydrogen) atoms. The average Bonchev–Trinajstić information content (AvgIpc) is 3.21. The second kappa shape index (κ2) is 5.82. The number of rotatable bonds is 2. The molecule has 3 aromatic rings. The summed E-state index contributed by atoms with van der Waals surface area (Å²) in [6.45, 7) is 5.48. The van der Waals surface area contributed by atoms with E-state index < -0.39 is 0 Å². The summed E-state index contributed by atoms with van der Waals surface area (Å²) in [5, 5.41) is 5.39. The summed E-state index contributed by atoms with van der Waals surface area (Å²) >= 11 is 0. The van der Waals surface area contributed by atoms with Gasteiger partial charge in [0.2, 0.25) is 0 Å². The topological polar surface area (TPSA) is 51.3 Å². The smallest absolute Gasteiger partial charge is 0.289 e. The van der Waals surface area contributed by atoms with Crippen molar-refractivity contribution in [2.24, 2.45) is 0 Å². The van der Waals surface area contributed by atoms with E-state index in [1.807, 2.05) is 60.1 Å². The first-order valence-corrected chi connectivity index (χ1v) is 8.41. The van der Waals surface area contributed by atoms with Gasteiger partial charge in [-0.3, -0.25) is 9.48 Å². The highest BCUT2D eigenvalue weighted by atomic mass is 16.3. The predicted molar refractivity (Wildman–Crippen MR) is 92.1 cm³/mol. The van der Waals surface area contributed by atoms with Gasteiger partial charge in [0.25, 0.3) is 5.91 Å². The van der Waals surface area contributed by atoms with Crippen LogP contribution in [-0.2, 0) is 0 Å². The number of fused-ring (bicyclic) bond motifs is 1. The second-order valence-corrected chi connectivity index (χ2v) is 6.65. The minimum absolute atomic E-state index is 0.0285. The lowest BCUT2D eigenvalue weighted by Gasteiger charge is -2.32. The summed E-state index contributed by atoms with van der Waals surface area (Å²) in [6, 6.07) is 8.05. The van der Waals surface area contributed by atoms with E-state index >= 15 is 0 Å². The minimum Gasteiger partial charge on any atom is -0.451 e. The summed E-state index contributed by atoms with van der Waals surface area (Å²) < 4.78 is 7.83. The number of hydrogen-bond acceptors (Lipinski definition) is 3. The second-order valence-electron chi connectivity index (χ2n) is 6.65. The van der Waals surface area contributed by atoms with Crippen LogP contribution >= 0.6 is 0 Å². The Morgan fingerprint density at radius 2 is 2.21 bits per heavy atom. The van der Waals surface area contributed by atoms with Crippen LogP contribution in [0.2, 0.25) is 0 Å². The van der Waals surface area contributed by atoms with Crippen molar-refractivity contribution in [3.05, 3.63) is 53.5 Å². The van der Waals surface area contributed by atoms with Crippen LogP contribution in [0.3, 0.4) is 0 Å². The number of piperidine rings is 1. The van der Waals surface area contributed by atoms with Gasteiger partial charge >= 0.3 is 0 Å². The number of nitrogens with zero attached hydrogens (tertiary/aromatic N) is 3. The molecule has 0 N–H and O–H groups in total. The lowest BCUT2D eigenvalue weighted by Crippen LogP contribution is -2.40. The van der Waals surface area contributed by atoms with Gasteiger partial charge < -0.3 is 9.32 Å². The molecule has 1 aromatic carbocycles. The van der Waals surface area contributed by atoms with E-state index in [4.69, 9.17) is 4.42 Å². The molecular weight excluding hydrogens is 302 g/mol. The molecule has 1 fully saturated rings. The molecule has 1 aliphatic heterocycles. The van der Waals surface area contributed by atoms with Crippen LogP contribution < -0.4 is 0 Å². The Morgan fingerprint density at radius 1 is 1.33 bits per heavy atom. The van der Waals surface area contributed by atoms with Crippen molar-refractivity contribution in [2.45, 2.75) is 32.7 Å². The fraction of sp³-hybridized carbons (Fsp3) is 0.368. The third kappa shape index (κ3) is 2.60. The summed E-state index contributed by atoms with van der Waals surface area (Å²) in [4.78, 5) is 14.8. The van der Waals surface area contributed by atoms with Crippen molar-refractivity contribution in [1.82, 2.24) is 14.7 Å². The van der Waals surface area contributed by atoms with E-state index in [-0.39, 0.29) is 11.9 Å². The normalized spacial score (nSPS) is 18.2. The molecule has 2 aromatic heterocycles. The first-order valence-electron chi connectivity index (χ1n) is 8.41. The van der Waals surface area contributed by atoms with Gasteiger partial charge in [-0.2, -0.15) is 5.10 Å². The van der Waals surface area contributed by atoms with E-state index in [0.29, 0.717) is 12.3 Å². The highest BCUT2D eigenvalue weighted by Gasteiger charge is 2.27. The predicted octanol–water partition coefficient (Wildman–Crippen LogP) is 3.72. The number of hydrogen-bond donors (Lipinski definition) is 0. The maximum atomic E-state index is 12.9. The van der Waals surface area contributed by atoms with Crippen molar-refractivity contribution in [1.29, 1.82) is 0 Å². The van der Waals surface area contributed by atoms with Crippen LogP contribution in [0, 0.1) is 13.8 Å². The quantitative estimate of drug-likeness (QED) is 0.722. The summed E-state index contributed by atoms with van der Waals surface area (Å²) in [5.41, 5.74) is 3.00. The van der Waals surface area contributed by atoms with Crippen molar-refractivity contribution in [3.8, 4) is 0 Å². The number of furan rings is 1. The van der Waals surface area contributed by atoms with Crippen LogP contribution in [0.25, 0.3) is 11.0 Å². The van der Waals surface area contributed by atoms with Crippen LogP contribution in [-0.4, -0.2) is 33.7 Å². The molecule has 1 unspecified atom stereocenters. The number of aryl methyl sites for hydroxylation is 2. The first kappa shape index (κ1) is 15.0. The molecule has 5 nitrogen and oxygen atoms in total. The Kier molecular flexibility index (Phi) is 3.63. The zero-order chi connectivity index (χ0) is 16.7. The number of carbonyl (C=O) groups excluding carboxylic acids is 1. The number of likely N-dealkylation sites (tertiary alicyclic amines) is 1. The van der Waals surface area contributed by atoms with E-state index in [9.17, 15) is 4.79 Å². The lowest BCUT2D eigenvalue weighted by atomic mass is 10.1. The van der Waals surface area contributed by atoms with Crippen molar-refractivity contribution >= 4 is 16.9 Å². The van der Waals surface area contributed by atoms with Crippen LogP contribution in [0.4, 0.5) is 0 Å². The lowest BCUT2D eigenvalue weighted by molar-refractivity contribution is 0.0643. The summed E-state index contributed by atoms with van der Waals surface area (Å²) in [5.74, 6) is 0.399. The third-order valence-corrected chi connectivity index (χ3v) is 4.74. The van der Waals surface area contributed by atoms with Crippen LogP contribution in [0.1, 0.15) is 40.6 Å². The molecular formula is C19H21N3O2. The Bertz CT molecular complexity index is 893. The molecule has 0 aliphatic carbocycles. The monoisotopic (exact) mass is 323 g/mol. The van der Waals surface area contributed by atoms with Crippen molar-refractivity contribution in [2.75, 3.05) is 13.1 Å². The standard InChI is InChI=1S/C19H21N3O2/c1-13-10-20-22(11-13)16-7-4-8-21(12-16)19(23)17-9-15-6-3-5-14(2)18(15)24-17/h3,5-6,9-11,16H,4,7-8,12H2,1-2H3. The van der Waals surface area contributed by atoms with Gasteiger partial charge in [-0.15, -0.1) is 0 Å². The van der Waals surface area contributed by atoms with Gasteiger partial charge in [-0.05, 0) is 43.9 Å². The van der Waals surface area contributed by atoms with Gasteiger partial charge in [0.1, 0.15) is 5.58 Å². The number of amides is 1. The van der Waals surface area contributed by atoms with Gasteiger partial charge in [0.05, 0.1) is 12.2 Å². The van der Waals surface area contributed by atoms with Gasteiger partial charge in [-0.25, -0.2) is 0 Å². The molecule has 1 amide bonds. The summed E-state index contributed by atoms with van der Waals surface area (Å²) in [7, 11) is 0. The molecule has 3 heterocycles. The highest BCUT2D eigenvalue weighted by molar-refractivity contribution is 5.96. The van der Waals surface area contributed by atoms with E-state index in [0.717, 1.165) is 41.5 Å². The Balaban J connectivity index is 1.57. The molecule has 0 bridgehead atoms. The average molecular weight is 323 g/mol. The zero-order valence-electron chi connectivity index (χ0n) is 14.0. The molecule has 1 aliphatic rings. The van der Waals surface area contributed by atoms with Crippen LogP contribution in [0.5, 0.6) is 0 Å². The Morgan fingerprint density at radius 3 is 2.96 bits per heavy atom. The Hall–Kier alpha value is -2.56. The minimum atomic E-state index is -0.0285. The van der Waals surface area contributed by atoms with Crippen LogP contribution in [0.15, 0.2) is 41.1 Å². The maximum Gasteiger partial charge on any atom is 0.289 e. The largest absolute Gasteiger partial charge is 0.451 e. The van der Waals surface area contributed by atoms with Crippen molar-refractivity contribution in [3.63, 3.8) is 0 Å². The maximum absolute atomic E-state index is 12.9. The molecule has 5 heteroatoms. The van der Waals surface area contributed by atoms with Crippen molar-refractivity contribution < 1.29 is 9.21 Å². The fourth-order valence-corrected chi connectivity index (χ4v) is 3.46. The number of para-hydroxylation sites is 1. The third-order valence-electron chi connectivity index (χ3n) is 4.74. The molecule has 124 valence electrons. The highest BCUT2D eigenvalue weighted by Crippen LogP contribution is 2.26. The van der Waals surface area contributed by atoms with Gasteiger partial charge in [0.15, 0.2) is 5.76 Å². The molecule has 1 atom stereocenters. The fourth-order valence-electron chi connectivity index (χ4n) is 3.46. The zero-order valence-corrected chi connectivity index (χ0v) is 14.0. The molecule has 0 saturated carbocycles. The Labute approximate surface area is 140 Å². The molecule has 0 radical (unpaired) electrons.